The molecule has 2 fully saturated rings. The van der Waals surface area contributed by atoms with Gasteiger partial charge in [0.15, 0.2) is 0 Å². The second kappa shape index (κ2) is 6.12. The largest absolute Gasteiger partial charge is 0.317 e. The van der Waals surface area contributed by atoms with E-state index in [1.165, 1.54) is 32.1 Å². The van der Waals surface area contributed by atoms with E-state index >= 15 is 0 Å². The zero-order valence-electron chi connectivity index (χ0n) is 12.5. The first-order valence-corrected chi connectivity index (χ1v) is 7.83. The molecule has 2 aliphatic heterocycles. The number of benzene rings is 1. The van der Waals surface area contributed by atoms with Crippen LogP contribution in [0.15, 0.2) is 24.3 Å². The Balaban J connectivity index is 1.75. The van der Waals surface area contributed by atoms with E-state index in [0.29, 0.717) is 18.1 Å². The molecular weight excluding hydrogens is 266 g/mol. The van der Waals surface area contributed by atoms with Gasteiger partial charge in [-0.25, -0.2) is 0 Å². The van der Waals surface area contributed by atoms with Crippen LogP contribution in [0.2, 0.25) is 0 Å². The lowest BCUT2D eigenvalue weighted by Gasteiger charge is -2.49. The minimum absolute atomic E-state index is 0.197. The van der Waals surface area contributed by atoms with Gasteiger partial charge in [0.05, 0.1) is 4.92 Å². The molecule has 0 saturated carbocycles. The minimum atomic E-state index is -0.308. The summed E-state index contributed by atoms with van der Waals surface area (Å²) < 4.78 is 0. The number of nitro groups is 1. The Bertz CT molecular complexity index is 506. The van der Waals surface area contributed by atoms with E-state index in [2.05, 4.69) is 17.3 Å². The summed E-state index contributed by atoms with van der Waals surface area (Å²) in [5, 5.41) is 14.3. The molecule has 0 aliphatic carbocycles. The van der Waals surface area contributed by atoms with Crippen LogP contribution in [-0.2, 0) is 6.54 Å². The molecular formula is C16H23N3O2. The smallest absolute Gasteiger partial charge is 0.269 e. The summed E-state index contributed by atoms with van der Waals surface area (Å²) in [6, 6.07) is 8.96. The van der Waals surface area contributed by atoms with Crippen LogP contribution in [0.1, 0.15) is 37.7 Å². The van der Waals surface area contributed by atoms with Gasteiger partial charge in [0.25, 0.3) is 5.69 Å². The van der Waals surface area contributed by atoms with Gasteiger partial charge < -0.3 is 5.32 Å². The second-order valence-electron chi connectivity index (χ2n) is 6.29. The quantitative estimate of drug-likeness (QED) is 0.684. The van der Waals surface area contributed by atoms with Crippen molar-refractivity contribution < 1.29 is 4.92 Å². The van der Waals surface area contributed by atoms with E-state index in [1.54, 1.807) is 18.2 Å². The number of hydrogen-bond acceptors (Lipinski definition) is 4. The molecule has 2 bridgehead atoms. The molecule has 2 unspecified atom stereocenters. The zero-order chi connectivity index (χ0) is 14.8. The number of nitrogens with zero attached hydrogens (tertiary/aromatic N) is 2. The Morgan fingerprint density at radius 2 is 2.05 bits per heavy atom. The number of nitro benzene ring substituents is 1. The van der Waals surface area contributed by atoms with Crippen molar-refractivity contribution in [3.63, 3.8) is 0 Å². The van der Waals surface area contributed by atoms with Gasteiger partial charge in [0.2, 0.25) is 0 Å². The Morgan fingerprint density at radius 3 is 2.67 bits per heavy atom. The molecule has 2 heterocycles. The summed E-state index contributed by atoms with van der Waals surface area (Å²) in [6.45, 7) is 0.841. The van der Waals surface area contributed by atoms with Gasteiger partial charge in [-0.2, -0.15) is 0 Å². The number of non-ortho nitro benzene ring substituents is 1. The highest BCUT2D eigenvalue weighted by molar-refractivity contribution is 5.34. The molecule has 3 rings (SSSR count). The number of piperidine rings is 2. The molecule has 0 aromatic heterocycles. The van der Waals surface area contributed by atoms with Gasteiger partial charge >= 0.3 is 0 Å². The third-order valence-corrected chi connectivity index (χ3v) is 5.02. The van der Waals surface area contributed by atoms with Crippen molar-refractivity contribution in [1.29, 1.82) is 0 Å². The van der Waals surface area contributed by atoms with E-state index in [1.807, 2.05) is 6.07 Å². The van der Waals surface area contributed by atoms with E-state index in [-0.39, 0.29) is 10.6 Å². The van der Waals surface area contributed by atoms with Crippen LogP contribution in [-0.4, -0.2) is 35.0 Å². The maximum Gasteiger partial charge on any atom is 0.269 e. The molecule has 21 heavy (non-hydrogen) atoms. The Labute approximate surface area is 125 Å². The van der Waals surface area contributed by atoms with Crippen molar-refractivity contribution in [1.82, 2.24) is 10.2 Å². The zero-order valence-corrected chi connectivity index (χ0v) is 12.5. The van der Waals surface area contributed by atoms with Crippen LogP contribution in [0.4, 0.5) is 5.69 Å². The second-order valence-corrected chi connectivity index (χ2v) is 6.29. The monoisotopic (exact) mass is 289 g/mol. The van der Waals surface area contributed by atoms with Gasteiger partial charge in [-0.3, -0.25) is 15.0 Å². The third kappa shape index (κ3) is 3.09. The van der Waals surface area contributed by atoms with Crippen molar-refractivity contribution in [3.8, 4) is 0 Å². The molecule has 2 saturated heterocycles. The van der Waals surface area contributed by atoms with Crippen molar-refractivity contribution >= 4 is 5.69 Å². The van der Waals surface area contributed by atoms with Crippen LogP contribution in [0, 0.1) is 10.1 Å². The van der Waals surface area contributed by atoms with Crippen LogP contribution in [0.5, 0.6) is 0 Å². The Morgan fingerprint density at radius 1 is 1.33 bits per heavy atom. The van der Waals surface area contributed by atoms with Crippen molar-refractivity contribution in [2.75, 3.05) is 7.05 Å². The molecule has 1 aromatic carbocycles. The van der Waals surface area contributed by atoms with E-state index < -0.39 is 0 Å². The molecule has 0 amide bonds. The average molecular weight is 289 g/mol. The summed E-state index contributed by atoms with van der Waals surface area (Å²) in [7, 11) is 2.05. The molecule has 5 heteroatoms. The lowest BCUT2D eigenvalue weighted by Crippen LogP contribution is -2.55. The van der Waals surface area contributed by atoms with Crippen LogP contribution in [0.25, 0.3) is 0 Å². The van der Waals surface area contributed by atoms with Crippen LogP contribution in [0.3, 0.4) is 0 Å². The summed E-state index contributed by atoms with van der Waals surface area (Å²) >= 11 is 0. The molecule has 0 spiro atoms. The maximum atomic E-state index is 10.9. The third-order valence-electron chi connectivity index (χ3n) is 5.02. The lowest BCUT2D eigenvalue weighted by atomic mass is 9.81. The predicted molar refractivity (Wildman–Crippen MR) is 82.1 cm³/mol. The normalized spacial score (nSPS) is 29.3. The van der Waals surface area contributed by atoms with Crippen molar-refractivity contribution in [2.45, 2.75) is 56.8 Å². The number of fused-ring (bicyclic) bond motifs is 2. The lowest BCUT2D eigenvalue weighted by molar-refractivity contribution is -0.384. The SMILES string of the molecule is CNC1CC2CCCC(C1)N2Cc1cccc([N+](=O)[O-])c1. The highest BCUT2D eigenvalue weighted by atomic mass is 16.6. The van der Waals surface area contributed by atoms with Gasteiger partial charge in [-0.05, 0) is 38.3 Å². The molecule has 1 N–H and O–H groups in total. The van der Waals surface area contributed by atoms with E-state index in [0.717, 1.165) is 12.1 Å². The molecule has 2 aliphatic rings. The maximum absolute atomic E-state index is 10.9. The van der Waals surface area contributed by atoms with Crippen LogP contribution < -0.4 is 5.32 Å². The molecule has 114 valence electrons. The minimum Gasteiger partial charge on any atom is -0.317 e. The topological polar surface area (TPSA) is 58.4 Å². The molecule has 1 aromatic rings. The summed E-state index contributed by atoms with van der Waals surface area (Å²) in [5.74, 6) is 0. The number of nitrogens with one attached hydrogen (secondary N) is 1. The van der Waals surface area contributed by atoms with Gasteiger partial charge in [0, 0.05) is 36.8 Å². The average Bonchev–Trinajstić information content (AvgIpc) is 2.47. The van der Waals surface area contributed by atoms with Crippen molar-refractivity contribution in [2.24, 2.45) is 0 Å². The van der Waals surface area contributed by atoms with Crippen molar-refractivity contribution in [3.05, 3.63) is 39.9 Å². The van der Waals surface area contributed by atoms with E-state index in [9.17, 15) is 10.1 Å². The van der Waals surface area contributed by atoms with Gasteiger partial charge in [0.1, 0.15) is 0 Å². The Kier molecular flexibility index (Phi) is 4.22. The molecule has 5 nitrogen and oxygen atoms in total. The van der Waals surface area contributed by atoms with E-state index in [4.69, 9.17) is 0 Å². The predicted octanol–water partition coefficient (Wildman–Crippen LogP) is 2.70. The highest BCUT2D eigenvalue weighted by Gasteiger charge is 2.37. The number of rotatable bonds is 4. The summed E-state index contributed by atoms with van der Waals surface area (Å²) in [6.07, 6.45) is 6.22. The summed E-state index contributed by atoms with van der Waals surface area (Å²) in [4.78, 5) is 13.2. The fraction of sp³-hybridized carbons (Fsp3) is 0.625. The summed E-state index contributed by atoms with van der Waals surface area (Å²) in [5.41, 5.74) is 1.26. The molecule has 2 atom stereocenters. The fourth-order valence-corrected chi connectivity index (χ4v) is 3.95. The number of hydrogen-bond donors (Lipinski definition) is 1. The first kappa shape index (κ1) is 14.5. The Hall–Kier alpha value is -1.46. The first-order chi connectivity index (χ1) is 10.2. The first-order valence-electron chi connectivity index (χ1n) is 7.83. The molecule has 0 radical (unpaired) electrons. The van der Waals surface area contributed by atoms with Crippen LogP contribution >= 0.6 is 0 Å². The standard InChI is InChI=1S/C16H23N3O2/c1-17-13-9-14-5-3-6-15(10-13)18(14)11-12-4-2-7-16(8-12)19(20)21/h2,4,7-8,13-15,17H,3,5-6,9-11H2,1H3. The van der Waals surface area contributed by atoms with Gasteiger partial charge in [-0.15, -0.1) is 0 Å². The highest BCUT2D eigenvalue weighted by Crippen LogP contribution is 2.35. The fourth-order valence-electron chi connectivity index (χ4n) is 3.95. The van der Waals surface area contributed by atoms with Gasteiger partial charge in [-0.1, -0.05) is 18.6 Å².